The van der Waals surface area contributed by atoms with Gasteiger partial charge in [-0.05, 0) is 154 Å². The van der Waals surface area contributed by atoms with Crippen LogP contribution in [0.3, 0.4) is 0 Å². The Labute approximate surface area is 517 Å². The van der Waals surface area contributed by atoms with Gasteiger partial charge in [-0.25, -0.2) is 0 Å². The monoisotopic (exact) mass is 1310 g/mol. The van der Waals surface area contributed by atoms with Crippen molar-refractivity contribution in [1.29, 1.82) is 0 Å². The second-order valence-corrected chi connectivity index (χ2v) is 22.8. The molecule has 0 bridgehead atoms. The van der Waals surface area contributed by atoms with E-state index >= 15 is 0 Å². The number of carbonyl (C=O) groups excluding carboxylic acids is 4. The maximum atomic E-state index is 10.2. The summed E-state index contributed by atoms with van der Waals surface area (Å²) in [5, 5.41) is 40.9. The zero-order valence-electron chi connectivity index (χ0n) is 53.9. The number of carbonyl (C=O) groups is 4. The molecular formula is C72H132O8W. The molecule has 0 aliphatic carbocycles. The van der Waals surface area contributed by atoms with Crippen LogP contribution < -0.4 is 20.4 Å². The van der Waals surface area contributed by atoms with Crippen molar-refractivity contribution < 1.29 is 60.7 Å². The van der Waals surface area contributed by atoms with E-state index in [1.807, 2.05) is 0 Å². The number of hydrogen-bond acceptors (Lipinski definition) is 8. The Morgan fingerprint density at radius 2 is 0.309 bits per heavy atom. The van der Waals surface area contributed by atoms with E-state index in [0.717, 1.165) is 51.4 Å². The zero-order chi connectivity index (χ0) is 59.6. The Morgan fingerprint density at radius 1 is 0.198 bits per heavy atom. The number of hydrogen-bond donors (Lipinski definition) is 0. The Bertz CT molecular complexity index is 1140. The first kappa shape index (κ1) is 87.3. The minimum atomic E-state index is -0.911. The number of carboxylic acids is 4. The van der Waals surface area contributed by atoms with E-state index in [9.17, 15) is 39.6 Å². The summed E-state index contributed by atoms with van der Waals surface area (Å²) in [4.78, 5) is 40.9. The van der Waals surface area contributed by atoms with Gasteiger partial charge in [-0.3, -0.25) is 0 Å². The molecule has 0 radical (unpaired) electrons. The Balaban J connectivity index is -0.000000316. The molecule has 0 aromatic heterocycles. The third-order valence-corrected chi connectivity index (χ3v) is 14.6. The third kappa shape index (κ3) is 103. The fourth-order valence-electron chi connectivity index (χ4n) is 9.36. The van der Waals surface area contributed by atoms with Crippen LogP contribution in [0.15, 0.2) is 48.6 Å². The SMILES string of the molecule is CCCCCC/C=C\CCCCCCCCCC(=O)[O-].CCCCCC/C=C\CCCCCCCCCC(=O)[O-].CCCCCC/C=C\CCCCCCCCCC(=O)[O-].CCCCCC/C=C\CCCCCCCCCC(=O)[O-].[W+4]. The average Bonchev–Trinajstić information content (AvgIpc) is 3.43. The van der Waals surface area contributed by atoms with Gasteiger partial charge in [-0.1, -0.05) is 282 Å². The van der Waals surface area contributed by atoms with Crippen LogP contribution in [-0.4, -0.2) is 23.9 Å². The van der Waals surface area contributed by atoms with Crippen molar-refractivity contribution in [1.82, 2.24) is 0 Å². The van der Waals surface area contributed by atoms with Crippen LogP contribution in [0.4, 0.5) is 0 Å². The summed E-state index contributed by atoms with van der Waals surface area (Å²) < 4.78 is 0. The van der Waals surface area contributed by atoms with Gasteiger partial charge in [0, 0.05) is 23.9 Å². The average molecular weight is 1310 g/mol. The van der Waals surface area contributed by atoms with Crippen LogP contribution in [0, 0.1) is 0 Å². The molecule has 0 spiro atoms. The van der Waals surface area contributed by atoms with Gasteiger partial charge in [-0.2, -0.15) is 0 Å². The van der Waals surface area contributed by atoms with Crippen molar-refractivity contribution in [3.63, 3.8) is 0 Å². The first-order valence-corrected chi connectivity index (χ1v) is 34.5. The number of unbranched alkanes of at least 4 members (excludes halogenated alkanes) is 44. The molecule has 0 atom stereocenters. The van der Waals surface area contributed by atoms with Crippen molar-refractivity contribution in [2.24, 2.45) is 0 Å². The predicted molar refractivity (Wildman–Crippen MR) is 338 cm³/mol. The zero-order valence-corrected chi connectivity index (χ0v) is 56.8. The van der Waals surface area contributed by atoms with Crippen LogP contribution in [0.5, 0.6) is 0 Å². The fourth-order valence-corrected chi connectivity index (χ4v) is 9.36. The molecule has 0 heterocycles. The molecule has 0 aromatic carbocycles. The first-order chi connectivity index (χ1) is 39.1. The minimum absolute atomic E-state index is 0. The number of carboxylic acid groups (broad SMARTS) is 4. The Hall–Kier alpha value is -2.47. The Morgan fingerprint density at radius 3 is 0.432 bits per heavy atom. The topological polar surface area (TPSA) is 161 Å². The van der Waals surface area contributed by atoms with E-state index in [0.29, 0.717) is 0 Å². The van der Waals surface area contributed by atoms with Gasteiger partial charge in [0.2, 0.25) is 0 Å². The second kappa shape index (κ2) is 84.0. The summed E-state index contributed by atoms with van der Waals surface area (Å²) in [6, 6.07) is 0. The normalized spacial score (nSPS) is 11.1. The van der Waals surface area contributed by atoms with E-state index in [2.05, 4.69) is 76.3 Å². The minimum Gasteiger partial charge on any atom is -0.550 e. The van der Waals surface area contributed by atoms with E-state index in [1.165, 1.54) is 283 Å². The molecule has 0 saturated heterocycles. The smallest absolute Gasteiger partial charge is 0.550 e. The fraction of sp³-hybridized carbons (Fsp3) is 0.833. The molecule has 81 heavy (non-hydrogen) atoms. The number of allylic oxidation sites excluding steroid dienone is 8. The van der Waals surface area contributed by atoms with Crippen LogP contribution in [-0.2, 0) is 40.2 Å². The van der Waals surface area contributed by atoms with Gasteiger partial charge >= 0.3 is 21.1 Å². The molecule has 0 unspecified atom stereocenters. The third-order valence-electron chi connectivity index (χ3n) is 14.6. The molecule has 0 aliphatic heterocycles. The van der Waals surface area contributed by atoms with Crippen LogP contribution >= 0.6 is 0 Å². The van der Waals surface area contributed by atoms with Crippen molar-refractivity contribution in [2.45, 2.75) is 387 Å². The van der Waals surface area contributed by atoms with Gasteiger partial charge in [0.05, 0.1) is 0 Å². The predicted octanol–water partition coefficient (Wildman–Crippen LogP) is 19.1. The summed E-state index contributed by atoms with van der Waals surface area (Å²) in [5.74, 6) is -3.64. The van der Waals surface area contributed by atoms with Crippen molar-refractivity contribution in [2.75, 3.05) is 0 Å². The standard InChI is InChI=1S/4C18H34O2.W/c4*1-2-3-4-5-6-7-8-9-10-11-12-13-14-15-16-17-18(19)20;/h4*7-8H,2-6,9-17H2,1H3,(H,19,20);/q;;;;+4/p-4/b4*8-7-;. The van der Waals surface area contributed by atoms with E-state index in [4.69, 9.17) is 0 Å². The molecule has 0 amide bonds. The van der Waals surface area contributed by atoms with Crippen LogP contribution in [0.25, 0.3) is 0 Å². The summed E-state index contributed by atoms with van der Waals surface area (Å²) in [6.45, 7) is 9.00. The first-order valence-electron chi connectivity index (χ1n) is 34.5. The summed E-state index contributed by atoms with van der Waals surface area (Å²) in [5.41, 5.74) is 0. The van der Waals surface area contributed by atoms with Crippen LogP contribution in [0.1, 0.15) is 387 Å². The maximum absolute atomic E-state index is 10.2. The van der Waals surface area contributed by atoms with Crippen molar-refractivity contribution in [3.8, 4) is 0 Å². The summed E-state index contributed by atoms with van der Waals surface area (Å²) in [6.07, 6.45) is 83.6. The van der Waals surface area contributed by atoms with Gasteiger partial charge in [-0.15, -0.1) is 0 Å². The van der Waals surface area contributed by atoms with Crippen molar-refractivity contribution in [3.05, 3.63) is 48.6 Å². The maximum Gasteiger partial charge on any atom is 4.00 e. The second-order valence-electron chi connectivity index (χ2n) is 22.8. The Kier molecular flexibility index (Phi) is 90.5. The molecule has 0 fully saturated rings. The molecule has 0 saturated carbocycles. The summed E-state index contributed by atoms with van der Waals surface area (Å²) in [7, 11) is 0. The van der Waals surface area contributed by atoms with E-state index in [-0.39, 0.29) is 46.7 Å². The van der Waals surface area contributed by atoms with Gasteiger partial charge in [0.15, 0.2) is 0 Å². The molecular weight excluding hydrogens is 1180 g/mol. The van der Waals surface area contributed by atoms with Gasteiger partial charge in [0.1, 0.15) is 0 Å². The largest absolute Gasteiger partial charge is 4.00 e. The van der Waals surface area contributed by atoms with Crippen molar-refractivity contribution >= 4 is 23.9 Å². The van der Waals surface area contributed by atoms with Crippen LogP contribution in [0.2, 0.25) is 0 Å². The van der Waals surface area contributed by atoms with E-state index < -0.39 is 23.9 Å². The molecule has 0 rings (SSSR count). The molecule has 474 valence electrons. The molecule has 0 aromatic rings. The van der Waals surface area contributed by atoms with E-state index in [1.54, 1.807) is 0 Å². The number of aliphatic carboxylic acids is 4. The molecule has 0 aliphatic rings. The van der Waals surface area contributed by atoms with Gasteiger partial charge in [0.25, 0.3) is 0 Å². The molecule has 0 N–H and O–H groups in total. The van der Waals surface area contributed by atoms with Gasteiger partial charge < -0.3 is 39.6 Å². The summed E-state index contributed by atoms with van der Waals surface area (Å²) >= 11 is 0. The molecule has 8 nitrogen and oxygen atoms in total. The quantitative estimate of drug-likeness (QED) is 0.0430. The molecule has 9 heteroatoms. The number of rotatable bonds is 60.